The van der Waals surface area contributed by atoms with Crippen molar-refractivity contribution in [3.63, 3.8) is 0 Å². The number of carbonyl (C=O) groups excluding carboxylic acids is 1. The molecule has 2 aromatic carbocycles. The lowest BCUT2D eigenvalue weighted by Crippen LogP contribution is -2.14. The van der Waals surface area contributed by atoms with E-state index in [2.05, 4.69) is 10.5 Å². The van der Waals surface area contributed by atoms with Gasteiger partial charge in [0.1, 0.15) is 11.8 Å². The predicted molar refractivity (Wildman–Crippen MR) is 90.5 cm³/mol. The lowest BCUT2D eigenvalue weighted by atomic mass is 10.1. The molecule has 0 heterocycles. The molecule has 0 aromatic heterocycles. The maximum atomic E-state index is 12.2. The SMILES string of the molecule is COc1ccc(C(=O)/C(C#N)=N\Nc2ccc(Cl)cc2Cl)cc1. The van der Waals surface area contributed by atoms with Gasteiger partial charge in [-0.2, -0.15) is 10.4 Å². The maximum absolute atomic E-state index is 12.2. The number of ketones is 1. The first-order valence-electron chi connectivity index (χ1n) is 6.42. The highest BCUT2D eigenvalue weighted by atomic mass is 35.5. The molecule has 0 bridgehead atoms. The molecule has 116 valence electrons. The molecule has 0 aliphatic heterocycles. The molecule has 2 rings (SSSR count). The fraction of sp³-hybridized carbons (Fsp3) is 0.0625. The smallest absolute Gasteiger partial charge is 0.223 e. The van der Waals surface area contributed by atoms with Gasteiger partial charge in [0, 0.05) is 10.6 Å². The summed E-state index contributed by atoms with van der Waals surface area (Å²) in [5.74, 6) is 0.107. The van der Waals surface area contributed by atoms with E-state index < -0.39 is 5.78 Å². The molecule has 0 spiro atoms. The van der Waals surface area contributed by atoms with Crippen molar-refractivity contribution in [3.8, 4) is 11.8 Å². The minimum Gasteiger partial charge on any atom is -0.497 e. The molecule has 1 N–H and O–H groups in total. The monoisotopic (exact) mass is 347 g/mol. The summed E-state index contributed by atoms with van der Waals surface area (Å²) in [5, 5.41) is 13.7. The molecular formula is C16H11Cl2N3O2. The largest absolute Gasteiger partial charge is 0.497 e. The summed E-state index contributed by atoms with van der Waals surface area (Å²) in [6.45, 7) is 0. The van der Waals surface area contributed by atoms with Crippen molar-refractivity contribution < 1.29 is 9.53 Å². The van der Waals surface area contributed by atoms with Gasteiger partial charge in [0.2, 0.25) is 11.5 Å². The molecular weight excluding hydrogens is 337 g/mol. The number of ether oxygens (including phenoxy) is 1. The number of benzene rings is 2. The van der Waals surface area contributed by atoms with Crippen molar-refractivity contribution in [1.29, 1.82) is 5.26 Å². The van der Waals surface area contributed by atoms with Crippen molar-refractivity contribution in [3.05, 3.63) is 58.1 Å². The summed E-state index contributed by atoms with van der Waals surface area (Å²) in [7, 11) is 1.53. The number of nitrogens with one attached hydrogen (secondary N) is 1. The van der Waals surface area contributed by atoms with Crippen LogP contribution in [0.4, 0.5) is 5.69 Å². The molecule has 0 unspecified atom stereocenters. The number of anilines is 1. The van der Waals surface area contributed by atoms with Crippen molar-refractivity contribution in [2.24, 2.45) is 5.10 Å². The van der Waals surface area contributed by atoms with Gasteiger partial charge in [-0.15, -0.1) is 0 Å². The van der Waals surface area contributed by atoms with Crippen LogP contribution >= 0.6 is 23.2 Å². The highest BCUT2D eigenvalue weighted by molar-refractivity contribution is 6.51. The molecule has 0 saturated heterocycles. The van der Waals surface area contributed by atoms with Crippen LogP contribution in [0, 0.1) is 11.3 Å². The van der Waals surface area contributed by atoms with Gasteiger partial charge in [0.25, 0.3) is 0 Å². The van der Waals surface area contributed by atoms with E-state index in [1.165, 1.54) is 13.2 Å². The van der Waals surface area contributed by atoms with Crippen LogP contribution in [0.5, 0.6) is 5.75 Å². The number of halogens is 2. The zero-order chi connectivity index (χ0) is 16.8. The standard InChI is InChI=1S/C16H11Cl2N3O2/c1-23-12-5-2-10(3-6-12)16(22)15(9-19)21-20-14-7-4-11(17)8-13(14)18/h2-8,20H,1H3/b21-15-. The van der Waals surface area contributed by atoms with Crippen LogP contribution in [-0.2, 0) is 0 Å². The van der Waals surface area contributed by atoms with E-state index in [-0.39, 0.29) is 5.71 Å². The Bertz CT molecular complexity index is 796. The Labute approximate surface area is 143 Å². The van der Waals surface area contributed by atoms with Gasteiger partial charge < -0.3 is 4.74 Å². The van der Waals surface area contributed by atoms with E-state index >= 15 is 0 Å². The van der Waals surface area contributed by atoms with Crippen LogP contribution in [0.1, 0.15) is 10.4 Å². The topological polar surface area (TPSA) is 74.5 Å². The van der Waals surface area contributed by atoms with Crippen molar-refractivity contribution in [1.82, 2.24) is 0 Å². The van der Waals surface area contributed by atoms with E-state index in [1.807, 2.05) is 0 Å². The average Bonchev–Trinajstić information content (AvgIpc) is 2.57. The second-order valence-electron chi connectivity index (χ2n) is 4.37. The van der Waals surface area contributed by atoms with Gasteiger partial charge in [0.05, 0.1) is 17.8 Å². The number of hydrogen-bond acceptors (Lipinski definition) is 5. The molecule has 5 nitrogen and oxygen atoms in total. The van der Waals surface area contributed by atoms with Gasteiger partial charge in [-0.25, -0.2) is 0 Å². The minimum atomic E-state index is -0.507. The lowest BCUT2D eigenvalue weighted by Gasteiger charge is -2.05. The summed E-state index contributed by atoms with van der Waals surface area (Å²) >= 11 is 11.8. The molecule has 0 aliphatic rings. The quantitative estimate of drug-likeness (QED) is 0.500. The summed E-state index contributed by atoms with van der Waals surface area (Å²) in [5.41, 5.74) is 3.07. The van der Waals surface area contributed by atoms with E-state index in [1.54, 1.807) is 42.5 Å². The molecule has 0 atom stereocenters. The Kier molecular flexibility index (Phi) is 5.58. The number of nitriles is 1. The third kappa shape index (κ3) is 4.22. The third-order valence-corrected chi connectivity index (χ3v) is 3.44. The van der Waals surface area contributed by atoms with E-state index in [0.717, 1.165) is 0 Å². The predicted octanol–water partition coefficient (Wildman–Crippen LogP) is 4.18. The molecule has 0 fully saturated rings. The number of methoxy groups -OCH3 is 1. The summed E-state index contributed by atoms with van der Waals surface area (Å²) < 4.78 is 5.02. The second-order valence-corrected chi connectivity index (χ2v) is 5.21. The number of carbonyl (C=O) groups is 1. The number of rotatable bonds is 5. The van der Waals surface area contributed by atoms with Gasteiger partial charge >= 0.3 is 0 Å². The van der Waals surface area contributed by atoms with Crippen LogP contribution in [0.15, 0.2) is 47.6 Å². The molecule has 0 saturated carbocycles. The number of hydrogen-bond donors (Lipinski definition) is 1. The molecule has 23 heavy (non-hydrogen) atoms. The maximum Gasteiger partial charge on any atom is 0.223 e. The first-order valence-corrected chi connectivity index (χ1v) is 7.18. The molecule has 0 aliphatic carbocycles. The zero-order valence-electron chi connectivity index (χ0n) is 12.0. The van der Waals surface area contributed by atoms with Crippen molar-refractivity contribution >= 4 is 40.4 Å². The Morgan fingerprint density at radius 3 is 2.48 bits per heavy atom. The summed E-state index contributed by atoms with van der Waals surface area (Å²) in [4.78, 5) is 12.2. The molecule has 0 amide bonds. The van der Waals surface area contributed by atoms with E-state index in [0.29, 0.717) is 27.0 Å². The minimum absolute atomic E-state index is 0.291. The number of Topliss-reactive ketones (excluding diaryl/α,β-unsaturated/α-hetero) is 1. The molecule has 0 radical (unpaired) electrons. The van der Waals surface area contributed by atoms with Crippen LogP contribution in [0.25, 0.3) is 0 Å². The Balaban J connectivity index is 2.20. The Hall–Kier alpha value is -2.55. The Morgan fingerprint density at radius 1 is 1.22 bits per heavy atom. The van der Waals surface area contributed by atoms with Gasteiger partial charge in [-0.1, -0.05) is 23.2 Å². The van der Waals surface area contributed by atoms with Gasteiger partial charge in [-0.05, 0) is 42.5 Å². The summed E-state index contributed by atoms with van der Waals surface area (Å²) in [6.07, 6.45) is 0. The first kappa shape index (κ1) is 16.8. The van der Waals surface area contributed by atoms with Crippen LogP contribution in [0.3, 0.4) is 0 Å². The van der Waals surface area contributed by atoms with Crippen molar-refractivity contribution in [2.45, 2.75) is 0 Å². The van der Waals surface area contributed by atoms with Crippen LogP contribution in [0.2, 0.25) is 10.0 Å². The number of nitrogens with zero attached hydrogens (tertiary/aromatic N) is 2. The van der Waals surface area contributed by atoms with E-state index in [4.69, 9.17) is 33.2 Å². The third-order valence-electron chi connectivity index (χ3n) is 2.89. The highest BCUT2D eigenvalue weighted by Crippen LogP contribution is 2.25. The lowest BCUT2D eigenvalue weighted by molar-refractivity contribution is 0.106. The van der Waals surface area contributed by atoms with Crippen LogP contribution < -0.4 is 10.2 Å². The van der Waals surface area contributed by atoms with E-state index in [9.17, 15) is 4.79 Å². The highest BCUT2D eigenvalue weighted by Gasteiger charge is 2.14. The summed E-state index contributed by atoms with van der Waals surface area (Å²) in [6, 6.07) is 12.9. The first-order chi connectivity index (χ1) is 11.0. The van der Waals surface area contributed by atoms with Crippen LogP contribution in [-0.4, -0.2) is 18.6 Å². The molecule has 2 aromatic rings. The zero-order valence-corrected chi connectivity index (χ0v) is 13.5. The second kappa shape index (κ2) is 7.63. The molecule has 7 heteroatoms. The average molecular weight is 348 g/mol. The Morgan fingerprint density at radius 2 is 1.91 bits per heavy atom. The fourth-order valence-corrected chi connectivity index (χ4v) is 2.15. The van der Waals surface area contributed by atoms with Gasteiger partial charge in [-0.3, -0.25) is 10.2 Å². The fourth-order valence-electron chi connectivity index (χ4n) is 1.70. The van der Waals surface area contributed by atoms with Crippen molar-refractivity contribution in [2.75, 3.05) is 12.5 Å². The number of hydrazone groups is 1. The van der Waals surface area contributed by atoms with Gasteiger partial charge in [0.15, 0.2) is 0 Å². The normalized spacial score (nSPS) is 10.8.